The number of amides is 1. The van der Waals surface area contributed by atoms with Crippen molar-refractivity contribution in [1.82, 2.24) is 10.2 Å². The molecule has 3 unspecified atom stereocenters. The molecule has 1 N–H and O–H groups in total. The number of hydrogen-bond donors (Lipinski definition) is 1. The van der Waals surface area contributed by atoms with Gasteiger partial charge in [0.2, 0.25) is 0 Å². The van der Waals surface area contributed by atoms with Gasteiger partial charge >= 0.3 is 6.09 Å². The molecular formula is C19H38N2O3. The molecule has 0 radical (unpaired) electrons. The summed E-state index contributed by atoms with van der Waals surface area (Å²) >= 11 is 0. The maximum absolute atomic E-state index is 12.6. The van der Waals surface area contributed by atoms with Crippen molar-refractivity contribution in [1.29, 1.82) is 0 Å². The third-order valence-electron chi connectivity index (χ3n) is 4.51. The van der Waals surface area contributed by atoms with Crippen molar-refractivity contribution >= 4 is 6.09 Å². The molecule has 5 heteroatoms. The highest BCUT2D eigenvalue weighted by Crippen LogP contribution is 2.23. The predicted molar refractivity (Wildman–Crippen MR) is 98.4 cm³/mol. The number of rotatable bonds is 7. The molecule has 5 nitrogen and oxygen atoms in total. The summed E-state index contributed by atoms with van der Waals surface area (Å²) in [6, 6.07) is 0.966. The van der Waals surface area contributed by atoms with Crippen LogP contribution < -0.4 is 5.32 Å². The molecule has 0 aromatic carbocycles. The molecule has 1 heterocycles. The van der Waals surface area contributed by atoms with E-state index in [-0.39, 0.29) is 12.1 Å². The van der Waals surface area contributed by atoms with Crippen LogP contribution in [0.2, 0.25) is 0 Å². The lowest BCUT2D eigenvalue weighted by Gasteiger charge is -2.34. The van der Waals surface area contributed by atoms with Gasteiger partial charge in [-0.25, -0.2) is 4.79 Å². The third kappa shape index (κ3) is 7.84. The highest BCUT2D eigenvalue weighted by Gasteiger charge is 2.30. The number of nitrogens with one attached hydrogen (secondary N) is 1. The van der Waals surface area contributed by atoms with Crippen LogP contribution in [-0.2, 0) is 9.47 Å². The number of hydrogen-bond acceptors (Lipinski definition) is 4. The third-order valence-corrected chi connectivity index (χ3v) is 4.51. The second-order valence-corrected chi connectivity index (χ2v) is 8.04. The Bertz CT molecular complexity index is 368. The summed E-state index contributed by atoms with van der Waals surface area (Å²) < 4.78 is 10.9. The molecule has 1 saturated heterocycles. The second kappa shape index (κ2) is 10.2. The van der Waals surface area contributed by atoms with Crippen LogP contribution in [0.1, 0.15) is 73.1 Å². The average Bonchev–Trinajstić information content (AvgIpc) is 2.70. The first-order chi connectivity index (χ1) is 11.3. The van der Waals surface area contributed by atoms with Crippen LogP contribution in [0.4, 0.5) is 4.79 Å². The monoisotopic (exact) mass is 342 g/mol. The maximum Gasteiger partial charge on any atom is 0.410 e. The van der Waals surface area contributed by atoms with Gasteiger partial charge in [0.15, 0.2) is 0 Å². The summed E-state index contributed by atoms with van der Waals surface area (Å²) in [6.07, 6.45) is 6.35. The molecule has 0 bridgehead atoms. The number of carbonyl (C=O) groups is 1. The minimum Gasteiger partial charge on any atom is -0.444 e. The van der Waals surface area contributed by atoms with Gasteiger partial charge in [0.25, 0.3) is 0 Å². The Kier molecular flexibility index (Phi) is 9.06. The van der Waals surface area contributed by atoms with Gasteiger partial charge in [0, 0.05) is 31.8 Å². The van der Waals surface area contributed by atoms with Gasteiger partial charge in [-0.05, 0) is 53.4 Å². The minimum absolute atomic E-state index is 0.162. The molecule has 0 saturated carbocycles. The quantitative estimate of drug-likeness (QED) is 0.761. The van der Waals surface area contributed by atoms with E-state index in [9.17, 15) is 4.79 Å². The number of nitrogens with zero attached hydrogens (tertiary/aromatic N) is 1. The fourth-order valence-electron chi connectivity index (χ4n) is 3.35. The van der Waals surface area contributed by atoms with Crippen LogP contribution in [0.25, 0.3) is 0 Å². The zero-order valence-electron chi connectivity index (χ0n) is 16.6. The standard InChI is InChI=1S/C19H38N2O3/c1-7-16(14-23-6)20-15(2)13-17-11-9-8-10-12-21(17)18(22)24-19(3,4)5/h15-17,20H,7-14H2,1-6H3. The number of methoxy groups -OCH3 is 1. The van der Waals surface area contributed by atoms with E-state index < -0.39 is 5.60 Å². The Hall–Kier alpha value is -0.810. The van der Waals surface area contributed by atoms with Crippen LogP contribution in [0.15, 0.2) is 0 Å². The van der Waals surface area contributed by atoms with Gasteiger partial charge in [0.1, 0.15) is 5.60 Å². The van der Waals surface area contributed by atoms with E-state index in [0.717, 1.165) is 38.8 Å². The van der Waals surface area contributed by atoms with E-state index in [2.05, 4.69) is 19.2 Å². The Morgan fingerprint density at radius 2 is 2.00 bits per heavy atom. The molecular weight excluding hydrogens is 304 g/mol. The smallest absolute Gasteiger partial charge is 0.410 e. The molecule has 1 amide bonds. The average molecular weight is 343 g/mol. The van der Waals surface area contributed by atoms with Crippen molar-refractivity contribution in [3.8, 4) is 0 Å². The van der Waals surface area contributed by atoms with Gasteiger partial charge in [-0.2, -0.15) is 0 Å². The molecule has 1 aliphatic heterocycles. The molecule has 0 aromatic heterocycles. The Balaban J connectivity index is 2.67. The van der Waals surface area contributed by atoms with Crippen LogP contribution in [0, 0.1) is 0 Å². The molecule has 24 heavy (non-hydrogen) atoms. The van der Waals surface area contributed by atoms with Crippen molar-refractivity contribution in [2.75, 3.05) is 20.3 Å². The number of ether oxygens (including phenoxy) is 2. The SMILES string of the molecule is CCC(COC)NC(C)CC1CCCCCN1C(=O)OC(C)(C)C. The molecule has 1 aliphatic rings. The van der Waals surface area contributed by atoms with Gasteiger partial charge < -0.3 is 19.7 Å². The molecule has 0 spiro atoms. The zero-order valence-corrected chi connectivity index (χ0v) is 16.6. The van der Waals surface area contributed by atoms with E-state index >= 15 is 0 Å². The lowest BCUT2D eigenvalue weighted by molar-refractivity contribution is 0.0148. The lowest BCUT2D eigenvalue weighted by atomic mass is 10.0. The summed E-state index contributed by atoms with van der Waals surface area (Å²) in [4.78, 5) is 14.6. The molecule has 1 rings (SSSR count). The molecule has 1 fully saturated rings. The van der Waals surface area contributed by atoms with E-state index in [0.29, 0.717) is 12.1 Å². The molecule has 142 valence electrons. The van der Waals surface area contributed by atoms with Crippen LogP contribution in [0.3, 0.4) is 0 Å². The van der Waals surface area contributed by atoms with Gasteiger partial charge in [-0.1, -0.05) is 19.8 Å². The topological polar surface area (TPSA) is 50.8 Å². The first-order valence-electron chi connectivity index (χ1n) is 9.51. The summed E-state index contributed by atoms with van der Waals surface area (Å²) in [7, 11) is 1.74. The van der Waals surface area contributed by atoms with E-state index in [1.807, 2.05) is 25.7 Å². The fourth-order valence-corrected chi connectivity index (χ4v) is 3.35. The van der Waals surface area contributed by atoms with Crippen molar-refractivity contribution in [2.45, 2.75) is 96.9 Å². The van der Waals surface area contributed by atoms with Crippen molar-refractivity contribution in [2.24, 2.45) is 0 Å². The normalized spacial score (nSPS) is 21.9. The van der Waals surface area contributed by atoms with E-state index in [1.165, 1.54) is 12.8 Å². The minimum atomic E-state index is -0.441. The molecule has 0 aromatic rings. The molecule has 3 atom stereocenters. The summed E-state index contributed by atoms with van der Waals surface area (Å²) in [5.74, 6) is 0. The van der Waals surface area contributed by atoms with Crippen LogP contribution in [0.5, 0.6) is 0 Å². The summed E-state index contributed by atoms with van der Waals surface area (Å²) in [5, 5.41) is 3.64. The van der Waals surface area contributed by atoms with Crippen molar-refractivity contribution in [3.63, 3.8) is 0 Å². The van der Waals surface area contributed by atoms with Gasteiger partial charge in [-0.15, -0.1) is 0 Å². The molecule has 0 aliphatic carbocycles. The second-order valence-electron chi connectivity index (χ2n) is 8.04. The van der Waals surface area contributed by atoms with Crippen LogP contribution in [-0.4, -0.2) is 55.0 Å². The summed E-state index contributed by atoms with van der Waals surface area (Å²) in [5.41, 5.74) is -0.441. The zero-order chi connectivity index (χ0) is 18.2. The highest BCUT2D eigenvalue weighted by molar-refractivity contribution is 5.68. The van der Waals surface area contributed by atoms with Crippen molar-refractivity contribution in [3.05, 3.63) is 0 Å². The number of likely N-dealkylation sites (tertiary alicyclic amines) is 1. The lowest BCUT2D eigenvalue weighted by Crippen LogP contribution is -2.47. The Morgan fingerprint density at radius 1 is 1.29 bits per heavy atom. The van der Waals surface area contributed by atoms with Crippen LogP contribution >= 0.6 is 0 Å². The predicted octanol–water partition coefficient (Wildman–Crippen LogP) is 3.96. The van der Waals surface area contributed by atoms with E-state index in [4.69, 9.17) is 9.47 Å². The largest absolute Gasteiger partial charge is 0.444 e. The summed E-state index contributed by atoms with van der Waals surface area (Å²) in [6.45, 7) is 11.7. The number of carbonyl (C=O) groups excluding carboxylic acids is 1. The van der Waals surface area contributed by atoms with Gasteiger partial charge in [-0.3, -0.25) is 0 Å². The van der Waals surface area contributed by atoms with Gasteiger partial charge in [0.05, 0.1) is 6.61 Å². The maximum atomic E-state index is 12.6. The Labute approximate surface area is 148 Å². The van der Waals surface area contributed by atoms with Crippen molar-refractivity contribution < 1.29 is 14.3 Å². The Morgan fingerprint density at radius 3 is 2.58 bits per heavy atom. The highest BCUT2D eigenvalue weighted by atomic mass is 16.6. The fraction of sp³-hybridized carbons (Fsp3) is 0.947. The first kappa shape index (κ1) is 21.2. The first-order valence-corrected chi connectivity index (χ1v) is 9.51. The van der Waals surface area contributed by atoms with E-state index in [1.54, 1.807) is 7.11 Å².